The van der Waals surface area contributed by atoms with E-state index in [4.69, 9.17) is 0 Å². The lowest BCUT2D eigenvalue weighted by molar-refractivity contribution is 0.104. The third-order valence-corrected chi connectivity index (χ3v) is 3.05. The molecular formula is C17H15F2NO. The summed E-state index contributed by atoms with van der Waals surface area (Å²) in [5.74, 6) is -2.00. The second-order valence-electron chi connectivity index (χ2n) is 4.52. The molecule has 21 heavy (non-hydrogen) atoms. The maximum Gasteiger partial charge on any atom is 0.187 e. The van der Waals surface area contributed by atoms with Crippen LogP contribution in [0.5, 0.6) is 0 Å². The number of hydrogen-bond acceptors (Lipinski definition) is 2. The van der Waals surface area contributed by atoms with E-state index in [-0.39, 0.29) is 5.78 Å². The first kappa shape index (κ1) is 14.9. The van der Waals surface area contributed by atoms with E-state index in [9.17, 15) is 13.6 Å². The number of ketones is 1. The Labute approximate surface area is 122 Å². The second kappa shape index (κ2) is 6.79. The van der Waals surface area contributed by atoms with E-state index in [2.05, 4.69) is 5.32 Å². The Balaban J connectivity index is 1.99. The Morgan fingerprint density at radius 2 is 1.81 bits per heavy atom. The lowest BCUT2D eigenvalue weighted by Gasteiger charge is -2.01. The molecule has 0 aliphatic heterocycles. The van der Waals surface area contributed by atoms with Crippen LogP contribution in [0.2, 0.25) is 0 Å². The lowest BCUT2D eigenvalue weighted by Crippen LogP contribution is -1.97. The summed E-state index contributed by atoms with van der Waals surface area (Å²) >= 11 is 0. The zero-order valence-corrected chi connectivity index (χ0v) is 11.6. The van der Waals surface area contributed by atoms with Crippen molar-refractivity contribution in [3.8, 4) is 0 Å². The number of benzene rings is 2. The highest BCUT2D eigenvalue weighted by Crippen LogP contribution is 2.13. The van der Waals surface area contributed by atoms with Gasteiger partial charge in [-0.1, -0.05) is 31.2 Å². The molecule has 0 fully saturated rings. The Kier molecular flexibility index (Phi) is 4.82. The fraction of sp³-hybridized carbons (Fsp3) is 0.118. The highest BCUT2D eigenvalue weighted by atomic mass is 19.2. The van der Waals surface area contributed by atoms with Crippen LogP contribution >= 0.6 is 0 Å². The highest BCUT2D eigenvalue weighted by Gasteiger charge is 2.02. The molecule has 0 aliphatic rings. The SMILES string of the molecule is CCc1ccc(C(=O)/C=C/Nc2ccc(F)c(F)c2)cc1. The summed E-state index contributed by atoms with van der Waals surface area (Å²) in [6, 6.07) is 10.8. The van der Waals surface area contributed by atoms with Crippen LogP contribution in [-0.4, -0.2) is 5.78 Å². The maximum absolute atomic E-state index is 13.0. The van der Waals surface area contributed by atoms with Crippen molar-refractivity contribution in [3.05, 3.63) is 77.5 Å². The minimum absolute atomic E-state index is 0.160. The predicted molar refractivity (Wildman–Crippen MR) is 79.3 cm³/mol. The molecule has 2 aromatic carbocycles. The summed E-state index contributed by atoms with van der Waals surface area (Å²) in [5, 5.41) is 2.73. The van der Waals surface area contributed by atoms with E-state index in [1.165, 1.54) is 18.3 Å². The van der Waals surface area contributed by atoms with Gasteiger partial charge < -0.3 is 5.32 Å². The quantitative estimate of drug-likeness (QED) is 0.655. The van der Waals surface area contributed by atoms with Gasteiger partial charge in [0.1, 0.15) is 0 Å². The molecule has 2 aromatic rings. The molecular weight excluding hydrogens is 272 g/mol. The van der Waals surface area contributed by atoms with E-state index in [0.717, 1.165) is 24.1 Å². The van der Waals surface area contributed by atoms with Crippen LogP contribution < -0.4 is 5.32 Å². The van der Waals surface area contributed by atoms with E-state index in [1.54, 1.807) is 12.1 Å². The van der Waals surface area contributed by atoms with Crippen molar-refractivity contribution in [3.63, 3.8) is 0 Å². The first-order chi connectivity index (χ1) is 10.1. The molecule has 4 heteroatoms. The summed E-state index contributed by atoms with van der Waals surface area (Å²) < 4.78 is 25.8. The number of carbonyl (C=O) groups excluding carboxylic acids is 1. The number of nitrogens with one attached hydrogen (secondary N) is 1. The summed E-state index contributed by atoms with van der Waals surface area (Å²) in [6.45, 7) is 2.04. The van der Waals surface area contributed by atoms with Gasteiger partial charge in [0, 0.05) is 29.6 Å². The number of hydrogen-bond donors (Lipinski definition) is 1. The molecule has 0 saturated heterocycles. The van der Waals surface area contributed by atoms with Crippen LogP contribution in [0, 0.1) is 11.6 Å². The maximum atomic E-state index is 13.0. The van der Waals surface area contributed by atoms with Gasteiger partial charge in [0.05, 0.1) is 0 Å². The van der Waals surface area contributed by atoms with Crippen molar-refractivity contribution in [1.82, 2.24) is 0 Å². The van der Waals surface area contributed by atoms with Gasteiger partial charge in [-0.3, -0.25) is 4.79 Å². The monoisotopic (exact) mass is 287 g/mol. The molecule has 0 bridgehead atoms. The normalized spacial score (nSPS) is 10.8. The largest absolute Gasteiger partial charge is 0.361 e. The molecule has 0 radical (unpaired) electrons. The molecule has 2 nitrogen and oxygen atoms in total. The Morgan fingerprint density at radius 1 is 1.10 bits per heavy atom. The fourth-order valence-electron chi connectivity index (χ4n) is 1.80. The molecule has 0 saturated carbocycles. The number of aryl methyl sites for hydroxylation is 1. The third-order valence-electron chi connectivity index (χ3n) is 3.05. The Morgan fingerprint density at radius 3 is 2.43 bits per heavy atom. The van der Waals surface area contributed by atoms with E-state index >= 15 is 0 Å². The van der Waals surface area contributed by atoms with Crippen LogP contribution in [0.1, 0.15) is 22.8 Å². The van der Waals surface area contributed by atoms with Crippen molar-refractivity contribution in [1.29, 1.82) is 0 Å². The first-order valence-electron chi connectivity index (χ1n) is 6.61. The number of carbonyl (C=O) groups is 1. The number of rotatable bonds is 5. The number of anilines is 1. The van der Waals surface area contributed by atoms with Crippen LogP contribution in [0.3, 0.4) is 0 Å². The van der Waals surface area contributed by atoms with Crippen molar-refractivity contribution >= 4 is 11.5 Å². The van der Waals surface area contributed by atoms with Crippen molar-refractivity contribution in [2.75, 3.05) is 5.32 Å². The molecule has 0 amide bonds. The molecule has 0 aromatic heterocycles. The van der Waals surface area contributed by atoms with Gasteiger partial charge in [-0.15, -0.1) is 0 Å². The van der Waals surface area contributed by atoms with E-state index in [0.29, 0.717) is 11.3 Å². The minimum Gasteiger partial charge on any atom is -0.361 e. The zero-order valence-electron chi connectivity index (χ0n) is 11.6. The van der Waals surface area contributed by atoms with E-state index < -0.39 is 11.6 Å². The van der Waals surface area contributed by atoms with Crippen LogP contribution in [0.4, 0.5) is 14.5 Å². The van der Waals surface area contributed by atoms with Crippen molar-refractivity contribution < 1.29 is 13.6 Å². The number of allylic oxidation sites excluding steroid dienone is 1. The van der Waals surface area contributed by atoms with Gasteiger partial charge >= 0.3 is 0 Å². The molecule has 108 valence electrons. The molecule has 1 N–H and O–H groups in total. The third kappa shape index (κ3) is 3.99. The van der Waals surface area contributed by atoms with Crippen LogP contribution in [0.25, 0.3) is 0 Å². The highest BCUT2D eigenvalue weighted by molar-refractivity contribution is 6.04. The summed E-state index contributed by atoms with van der Waals surface area (Å²) in [7, 11) is 0. The first-order valence-corrected chi connectivity index (χ1v) is 6.61. The van der Waals surface area contributed by atoms with Crippen molar-refractivity contribution in [2.45, 2.75) is 13.3 Å². The summed E-state index contributed by atoms with van der Waals surface area (Å²) in [6.07, 6.45) is 3.67. The average Bonchev–Trinajstić information content (AvgIpc) is 2.51. The Hall–Kier alpha value is -2.49. The van der Waals surface area contributed by atoms with Gasteiger partial charge in [0.25, 0.3) is 0 Å². The molecule has 0 aliphatic carbocycles. The van der Waals surface area contributed by atoms with Crippen LogP contribution in [-0.2, 0) is 6.42 Å². The predicted octanol–water partition coefficient (Wildman–Crippen LogP) is 4.34. The number of halogens is 2. The molecule has 0 spiro atoms. The second-order valence-corrected chi connectivity index (χ2v) is 4.52. The lowest BCUT2D eigenvalue weighted by atomic mass is 10.1. The standard InChI is InChI=1S/C17H15F2NO/c1-2-12-3-5-13(6-4-12)17(21)9-10-20-14-7-8-15(18)16(19)11-14/h3-11,20H,2H2,1H3/b10-9+. The average molecular weight is 287 g/mol. The molecule has 2 rings (SSSR count). The van der Waals surface area contributed by atoms with Gasteiger partial charge in [0.15, 0.2) is 17.4 Å². The Bertz CT molecular complexity index is 663. The molecule has 0 atom stereocenters. The molecule has 0 unspecified atom stereocenters. The zero-order chi connectivity index (χ0) is 15.2. The minimum atomic E-state index is -0.935. The van der Waals surface area contributed by atoms with Crippen molar-refractivity contribution in [2.24, 2.45) is 0 Å². The summed E-state index contributed by atoms with van der Waals surface area (Å²) in [4.78, 5) is 11.9. The molecule has 0 heterocycles. The topological polar surface area (TPSA) is 29.1 Å². The summed E-state index contributed by atoms with van der Waals surface area (Å²) in [5.41, 5.74) is 2.12. The van der Waals surface area contributed by atoms with E-state index in [1.807, 2.05) is 19.1 Å². The van der Waals surface area contributed by atoms with Crippen LogP contribution in [0.15, 0.2) is 54.7 Å². The van der Waals surface area contributed by atoms with Gasteiger partial charge in [-0.05, 0) is 24.1 Å². The van der Waals surface area contributed by atoms with Gasteiger partial charge in [-0.25, -0.2) is 8.78 Å². The fourth-order valence-corrected chi connectivity index (χ4v) is 1.80. The van der Waals surface area contributed by atoms with Gasteiger partial charge in [-0.2, -0.15) is 0 Å². The smallest absolute Gasteiger partial charge is 0.187 e. The van der Waals surface area contributed by atoms with Gasteiger partial charge in [0.2, 0.25) is 0 Å².